The van der Waals surface area contributed by atoms with Crippen molar-refractivity contribution in [2.45, 2.75) is 26.7 Å². The second-order valence-electron chi connectivity index (χ2n) is 5.22. The van der Waals surface area contributed by atoms with Gasteiger partial charge in [0.2, 0.25) is 0 Å². The maximum atomic E-state index is 6.08. The van der Waals surface area contributed by atoms with Crippen molar-refractivity contribution in [3.8, 4) is 5.69 Å². The molecule has 0 bridgehead atoms. The molecule has 0 saturated carbocycles. The third kappa shape index (κ3) is 1.91. The molecule has 4 nitrogen and oxygen atoms in total. The standard InChI is InChI=1S/C15H17ClN4/c1-9-5-10(2)7-12(6-9)20-13(8-16)17-14-11(3)18-19(4)15(14)20/h5-7H,8H2,1-4H3. The van der Waals surface area contributed by atoms with E-state index in [1.54, 1.807) is 0 Å². The topological polar surface area (TPSA) is 35.6 Å². The van der Waals surface area contributed by atoms with Crippen molar-refractivity contribution in [3.05, 3.63) is 40.8 Å². The summed E-state index contributed by atoms with van der Waals surface area (Å²) in [6.07, 6.45) is 0. The Hall–Kier alpha value is -1.81. The average molecular weight is 289 g/mol. The fourth-order valence-electron chi connectivity index (χ4n) is 2.76. The second kappa shape index (κ2) is 4.63. The van der Waals surface area contributed by atoms with Crippen molar-refractivity contribution in [3.63, 3.8) is 0 Å². The Morgan fingerprint density at radius 3 is 2.35 bits per heavy atom. The zero-order valence-corrected chi connectivity index (χ0v) is 12.9. The van der Waals surface area contributed by atoms with E-state index in [-0.39, 0.29) is 0 Å². The van der Waals surface area contributed by atoms with Crippen LogP contribution in [0.3, 0.4) is 0 Å². The lowest BCUT2D eigenvalue weighted by molar-refractivity contribution is 0.755. The molecule has 0 saturated heterocycles. The fourth-order valence-corrected chi connectivity index (χ4v) is 2.94. The summed E-state index contributed by atoms with van der Waals surface area (Å²) >= 11 is 6.08. The lowest BCUT2D eigenvalue weighted by atomic mass is 10.1. The molecule has 104 valence electrons. The predicted molar refractivity (Wildman–Crippen MR) is 81.6 cm³/mol. The number of rotatable bonds is 2. The molecule has 2 heterocycles. The summed E-state index contributed by atoms with van der Waals surface area (Å²) in [5.41, 5.74) is 6.37. The molecule has 0 spiro atoms. The van der Waals surface area contributed by atoms with E-state index < -0.39 is 0 Å². The highest BCUT2D eigenvalue weighted by atomic mass is 35.5. The van der Waals surface area contributed by atoms with E-state index in [4.69, 9.17) is 11.6 Å². The van der Waals surface area contributed by atoms with Gasteiger partial charge in [-0.25, -0.2) is 9.67 Å². The Morgan fingerprint density at radius 2 is 1.75 bits per heavy atom. The van der Waals surface area contributed by atoms with Gasteiger partial charge in [0.05, 0.1) is 11.6 Å². The van der Waals surface area contributed by atoms with Gasteiger partial charge >= 0.3 is 0 Å². The average Bonchev–Trinajstić information content (AvgIpc) is 2.87. The van der Waals surface area contributed by atoms with E-state index in [2.05, 4.69) is 46.7 Å². The summed E-state index contributed by atoms with van der Waals surface area (Å²) in [4.78, 5) is 4.63. The third-order valence-corrected chi connectivity index (χ3v) is 3.70. The molecular formula is C15H17ClN4. The highest BCUT2D eigenvalue weighted by Gasteiger charge is 2.18. The van der Waals surface area contributed by atoms with Gasteiger partial charge in [0.15, 0.2) is 5.65 Å². The lowest BCUT2D eigenvalue weighted by Gasteiger charge is -2.10. The molecule has 0 unspecified atom stereocenters. The summed E-state index contributed by atoms with van der Waals surface area (Å²) in [5.74, 6) is 1.23. The molecule has 0 aliphatic heterocycles. The van der Waals surface area contributed by atoms with E-state index in [1.807, 2.05) is 18.7 Å². The number of hydrogen-bond acceptors (Lipinski definition) is 2. The van der Waals surface area contributed by atoms with Gasteiger partial charge in [-0.15, -0.1) is 11.6 Å². The number of hydrogen-bond donors (Lipinski definition) is 0. The molecule has 0 fully saturated rings. The summed E-state index contributed by atoms with van der Waals surface area (Å²) in [7, 11) is 1.94. The first kappa shape index (κ1) is 13.2. The van der Waals surface area contributed by atoms with Crippen LogP contribution >= 0.6 is 11.6 Å². The van der Waals surface area contributed by atoms with Gasteiger partial charge in [0.25, 0.3) is 0 Å². The van der Waals surface area contributed by atoms with E-state index in [0.717, 1.165) is 28.4 Å². The van der Waals surface area contributed by atoms with Crippen molar-refractivity contribution in [2.24, 2.45) is 7.05 Å². The SMILES string of the molecule is Cc1cc(C)cc(-n2c(CCl)nc3c(C)nn(C)c32)c1. The number of halogens is 1. The van der Waals surface area contributed by atoms with Gasteiger partial charge in [-0.05, 0) is 44.0 Å². The van der Waals surface area contributed by atoms with Crippen LogP contribution in [0, 0.1) is 20.8 Å². The Balaban J connectivity index is 2.39. The van der Waals surface area contributed by atoms with Crippen LogP contribution in [-0.4, -0.2) is 19.3 Å². The van der Waals surface area contributed by atoms with Crippen LogP contribution in [0.1, 0.15) is 22.6 Å². The first-order valence-corrected chi connectivity index (χ1v) is 7.10. The first-order valence-electron chi connectivity index (χ1n) is 6.57. The van der Waals surface area contributed by atoms with Gasteiger partial charge in [-0.1, -0.05) is 6.07 Å². The Kier molecular flexibility index (Phi) is 3.05. The molecule has 0 atom stereocenters. The molecular weight excluding hydrogens is 272 g/mol. The van der Waals surface area contributed by atoms with Crippen molar-refractivity contribution in [2.75, 3.05) is 0 Å². The minimum absolute atomic E-state index is 0.376. The summed E-state index contributed by atoms with van der Waals surface area (Å²) in [6.45, 7) is 6.16. The van der Waals surface area contributed by atoms with Crippen LogP contribution in [0.5, 0.6) is 0 Å². The first-order chi connectivity index (χ1) is 9.51. The quantitative estimate of drug-likeness (QED) is 0.677. The lowest BCUT2D eigenvalue weighted by Crippen LogP contribution is -2.04. The van der Waals surface area contributed by atoms with Crippen LogP contribution < -0.4 is 0 Å². The van der Waals surface area contributed by atoms with Crippen LogP contribution in [0.25, 0.3) is 16.9 Å². The zero-order valence-electron chi connectivity index (χ0n) is 12.1. The molecule has 0 N–H and O–H groups in total. The number of aromatic nitrogens is 4. The predicted octanol–water partition coefficient (Wildman–Crippen LogP) is 3.42. The maximum absolute atomic E-state index is 6.08. The molecule has 20 heavy (non-hydrogen) atoms. The minimum Gasteiger partial charge on any atom is -0.280 e. The second-order valence-corrected chi connectivity index (χ2v) is 5.49. The molecule has 0 aliphatic carbocycles. The van der Waals surface area contributed by atoms with Gasteiger partial charge < -0.3 is 0 Å². The number of fused-ring (bicyclic) bond motifs is 1. The molecule has 0 aliphatic rings. The highest BCUT2D eigenvalue weighted by Crippen LogP contribution is 2.25. The molecule has 3 rings (SSSR count). The summed E-state index contributed by atoms with van der Waals surface area (Å²) < 4.78 is 3.97. The van der Waals surface area contributed by atoms with Crippen LogP contribution in [0.2, 0.25) is 0 Å². The number of nitrogens with zero attached hydrogens (tertiary/aromatic N) is 4. The van der Waals surface area contributed by atoms with Gasteiger partial charge in [-0.2, -0.15) is 5.10 Å². The number of imidazole rings is 1. The van der Waals surface area contributed by atoms with E-state index >= 15 is 0 Å². The third-order valence-electron chi connectivity index (χ3n) is 3.46. The van der Waals surface area contributed by atoms with Crippen LogP contribution in [0.15, 0.2) is 18.2 Å². The minimum atomic E-state index is 0.376. The van der Waals surface area contributed by atoms with Crippen LogP contribution in [0.4, 0.5) is 0 Å². The molecule has 5 heteroatoms. The number of alkyl halides is 1. The van der Waals surface area contributed by atoms with Gasteiger partial charge in [0.1, 0.15) is 11.3 Å². The van der Waals surface area contributed by atoms with Crippen LogP contribution in [-0.2, 0) is 12.9 Å². The smallest absolute Gasteiger partial charge is 0.163 e. The van der Waals surface area contributed by atoms with Gasteiger partial charge in [0, 0.05) is 12.7 Å². The Bertz CT molecular complexity index is 778. The summed E-state index contributed by atoms with van der Waals surface area (Å²) in [5, 5.41) is 4.45. The highest BCUT2D eigenvalue weighted by molar-refractivity contribution is 6.17. The Morgan fingerprint density at radius 1 is 1.10 bits per heavy atom. The van der Waals surface area contributed by atoms with E-state index in [9.17, 15) is 0 Å². The number of benzene rings is 1. The molecule has 3 aromatic rings. The zero-order chi connectivity index (χ0) is 14.4. The normalized spacial score (nSPS) is 11.4. The van der Waals surface area contributed by atoms with Crippen molar-refractivity contribution < 1.29 is 0 Å². The van der Waals surface area contributed by atoms with Crippen molar-refractivity contribution in [1.82, 2.24) is 19.3 Å². The Labute approximate surface area is 123 Å². The molecule has 1 aromatic carbocycles. The molecule has 0 radical (unpaired) electrons. The van der Waals surface area contributed by atoms with E-state index in [0.29, 0.717) is 5.88 Å². The van der Waals surface area contributed by atoms with Crippen molar-refractivity contribution >= 4 is 22.8 Å². The van der Waals surface area contributed by atoms with Crippen molar-refractivity contribution in [1.29, 1.82) is 0 Å². The van der Waals surface area contributed by atoms with E-state index in [1.165, 1.54) is 11.1 Å². The molecule has 2 aromatic heterocycles. The molecule has 0 amide bonds. The summed E-state index contributed by atoms with van der Waals surface area (Å²) in [6, 6.07) is 6.45. The fraction of sp³-hybridized carbons (Fsp3) is 0.333. The maximum Gasteiger partial charge on any atom is 0.163 e. The monoisotopic (exact) mass is 288 g/mol. The largest absolute Gasteiger partial charge is 0.280 e. The van der Waals surface area contributed by atoms with Gasteiger partial charge in [-0.3, -0.25) is 4.57 Å². The number of aryl methyl sites for hydroxylation is 4.